The molecule has 1 atom stereocenters. The Morgan fingerprint density at radius 1 is 1.21 bits per heavy atom. The predicted octanol–water partition coefficient (Wildman–Crippen LogP) is 4.63. The van der Waals surface area contributed by atoms with Gasteiger partial charge >= 0.3 is 0 Å². The van der Waals surface area contributed by atoms with E-state index >= 15 is 0 Å². The van der Waals surface area contributed by atoms with Crippen LogP contribution in [0.4, 0.5) is 5.69 Å². The van der Waals surface area contributed by atoms with Gasteiger partial charge in [-0.25, -0.2) is 5.53 Å². The number of aromatic hydroxyl groups is 1. The van der Waals surface area contributed by atoms with Crippen molar-refractivity contribution in [2.24, 2.45) is 5.11 Å². The van der Waals surface area contributed by atoms with Crippen LogP contribution in [-0.2, 0) is 0 Å². The second-order valence-electron chi connectivity index (χ2n) is 7.52. The third-order valence-electron chi connectivity index (χ3n) is 5.58. The largest absolute Gasteiger partial charge is 0.508 e. The number of nitrogens with one attached hydrogen (secondary N) is 4. The topological polar surface area (TPSA) is 92.5 Å². The Morgan fingerprint density at radius 2 is 2.10 bits per heavy atom. The SMILES string of the molecule is C/C(N=N)=C1/NCCC(Nc2cccc(O)c2)c2cc(C3=CCNCC3)ccc21. The number of nitrogens with zero attached hydrogens (tertiary/aromatic N) is 1. The maximum Gasteiger partial charge on any atom is 0.117 e. The molecule has 2 heterocycles. The first-order valence-corrected chi connectivity index (χ1v) is 10.1. The van der Waals surface area contributed by atoms with Gasteiger partial charge in [-0.15, -0.1) is 0 Å². The van der Waals surface area contributed by atoms with E-state index in [0.717, 1.165) is 49.4 Å². The summed E-state index contributed by atoms with van der Waals surface area (Å²) < 4.78 is 0. The quantitative estimate of drug-likeness (QED) is 0.493. The molecule has 0 aliphatic carbocycles. The van der Waals surface area contributed by atoms with E-state index in [1.807, 2.05) is 19.1 Å². The maximum absolute atomic E-state index is 9.85. The summed E-state index contributed by atoms with van der Waals surface area (Å²) in [5.74, 6) is 0.250. The number of fused-ring (bicyclic) bond motifs is 1. The second kappa shape index (κ2) is 8.49. The molecule has 29 heavy (non-hydrogen) atoms. The van der Waals surface area contributed by atoms with E-state index in [2.05, 4.69) is 45.3 Å². The summed E-state index contributed by atoms with van der Waals surface area (Å²) in [4.78, 5) is 0. The molecule has 0 bridgehead atoms. The molecule has 2 aromatic rings. The lowest BCUT2D eigenvalue weighted by atomic mass is 9.91. The van der Waals surface area contributed by atoms with Gasteiger partial charge in [0.15, 0.2) is 0 Å². The van der Waals surface area contributed by atoms with E-state index in [9.17, 15) is 5.11 Å². The summed E-state index contributed by atoms with van der Waals surface area (Å²) in [6.07, 6.45) is 4.16. The molecule has 1 unspecified atom stereocenters. The second-order valence-corrected chi connectivity index (χ2v) is 7.52. The van der Waals surface area contributed by atoms with Crippen molar-refractivity contribution in [1.29, 1.82) is 5.53 Å². The van der Waals surface area contributed by atoms with Crippen molar-refractivity contribution in [3.05, 3.63) is 70.9 Å². The van der Waals surface area contributed by atoms with Gasteiger partial charge in [0.1, 0.15) is 5.75 Å². The lowest BCUT2D eigenvalue weighted by Gasteiger charge is -2.23. The molecule has 2 aromatic carbocycles. The molecule has 0 radical (unpaired) electrons. The third kappa shape index (κ3) is 4.17. The molecular formula is C23H27N5O. The van der Waals surface area contributed by atoms with E-state index in [4.69, 9.17) is 5.53 Å². The molecule has 0 spiro atoms. The zero-order valence-electron chi connectivity index (χ0n) is 16.6. The molecule has 0 fully saturated rings. The van der Waals surface area contributed by atoms with Gasteiger partial charge in [0.25, 0.3) is 0 Å². The van der Waals surface area contributed by atoms with Gasteiger partial charge in [-0.1, -0.05) is 24.3 Å². The fourth-order valence-electron chi connectivity index (χ4n) is 4.08. The molecule has 0 saturated heterocycles. The highest BCUT2D eigenvalue weighted by Crippen LogP contribution is 2.35. The summed E-state index contributed by atoms with van der Waals surface area (Å²) >= 11 is 0. The highest BCUT2D eigenvalue weighted by Gasteiger charge is 2.24. The average Bonchev–Trinajstić information content (AvgIpc) is 2.93. The van der Waals surface area contributed by atoms with Gasteiger partial charge in [0, 0.05) is 30.4 Å². The van der Waals surface area contributed by atoms with E-state index in [-0.39, 0.29) is 11.8 Å². The zero-order chi connectivity index (χ0) is 20.2. The number of hydrogen-bond acceptors (Lipinski definition) is 6. The van der Waals surface area contributed by atoms with Crippen molar-refractivity contribution in [3.63, 3.8) is 0 Å². The van der Waals surface area contributed by atoms with Crippen LogP contribution in [-0.4, -0.2) is 24.7 Å². The minimum atomic E-state index is 0.0811. The Balaban J connectivity index is 1.79. The number of benzene rings is 2. The van der Waals surface area contributed by atoms with Crippen LogP contribution in [0.5, 0.6) is 5.75 Å². The molecule has 6 nitrogen and oxygen atoms in total. The fourth-order valence-corrected chi connectivity index (χ4v) is 4.08. The molecule has 2 aliphatic rings. The van der Waals surface area contributed by atoms with Crippen LogP contribution in [0.1, 0.15) is 42.5 Å². The number of phenols is 1. The van der Waals surface area contributed by atoms with Gasteiger partial charge in [0.05, 0.1) is 17.4 Å². The van der Waals surface area contributed by atoms with Crippen molar-refractivity contribution < 1.29 is 5.11 Å². The standard InChI is InChI=1S/C23H27N5O/c1-15(28-24)23-20-6-5-17(16-7-10-25-11-8-16)13-21(20)22(9-12-26-23)27-18-3-2-4-19(29)14-18/h2-7,13-14,22,24-27,29H,8-12H2,1H3/b23-15-,28-24?. The Labute approximate surface area is 171 Å². The van der Waals surface area contributed by atoms with E-state index in [1.165, 1.54) is 16.7 Å². The Hall–Kier alpha value is -3.12. The smallest absolute Gasteiger partial charge is 0.117 e. The van der Waals surface area contributed by atoms with E-state index in [0.29, 0.717) is 5.70 Å². The van der Waals surface area contributed by atoms with Gasteiger partial charge < -0.3 is 21.1 Å². The number of rotatable bonds is 4. The molecular weight excluding hydrogens is 362 g/mol. The van der Waals surface area contributed by atoms with Crippen molar-refractivity contribution in [2.45, 2.75) is 25.8 Å². The number of anilines is 1. The summed E-state index contributed by atoms with van der Waals surface area (Å²) in [5.41, 5.74) is 14.8. The number of hydrogen-bond donors (Lipinski definition) is 5. The van der Waals surface area contributed by atoms with Crippen LogP contribution < -0.4 is 16.0 Å². The van der Waals surface area contributed by atoms with Crippen LogP contribution >= 0.6 is 0 Å². The minimum absolute atomic E-state index is 0.0811. The van der Waals surface area contributed by atoms with Crippen LogP contribution in [0.15, 0.2) is 59.4 Å². The number of phenolic OH excluding ortho intramolecular Hbond substituents is 1. The summed E-state index contributed by atoms with van der Waals surface area (Å²) in [7, 11) is 0. The first-order valence-electron chi connectivity index (χ1n) is 10.1. The van der Waals surface area contributed by atoms with Crippen LogP contribution in [0.2, 0.25) is 0 Å². The molecule has 5 N–H and O–H groups in total. The van der Waals surface area contributed by atoms with Crippen molar-refractivity contribution in [3.8, 4) is 5.75 Å². The van der Waals surface area contributed by atoms with Crippen LogP contribution in [0.25, 0.3) is 11.3 Å². The first kappa shape index (κ1) is 19.2. The van der Waals surface area contributed by atoms with Gasteiger partial charge in [-0.2, -0.15) is 5.11 Å². The summed E-state index contributed by atoms with van der Waals surface area (Å²) in [5, 5.41) is 24.0. The molecule has 0 aromatic heterocycles. The van der Waals surface area contributed by atoms with E-state index in [1.54, 1.807) is 12.1 Å². The minimum Gasteiger partial charge on any atom is -0.508 e. The van der Waals surface area contributed by atoms with Crippen molar-refractivity contribution >= 4 is 17.0 Å². The summed E-state index contributed by atoms with van der Waals surface area (Å²) in [6.45, 7) is 4.54. The third-order valence-corrected chi connectivity index (χ3v) is 5.58. The molecule has 150 valence electrons. The molecule has 0 saturated carbocycles. The normalized spacial score (nSPS) is 20.6. The van der Waals surface area contributed by atoms with Gasteiger partial charge in [-0.05, 0) is 61.2 Å². The summed E-state index contributed by atoms with van der Waals surface area (Å²) in [6, 6.07) is 13.9. The van der Waals surface area contributed by atoms with Crippen molar-refractivity contribution in [2.75, 3.05) is 25.0 Å². The highest BCUT2D eigenvalue weighted by atomic mass is 16.3. The highest BCUT2D eigenvalue weighted by molar-refractivity contribution is 5.75. The number of allylic oxidation sites excluding steroid dienone is 1. The van der Waals surface area contributed by atoms with Gasteiger partial charge in [-0.3, -0.25) is 0 Å². The maximum atomic E-state index is 9.85. The molecule has 2 aliphatic heterocycles. The Bertz CT molecular complexity index is 979. The molecule has 6 heteroatoms. The average molecular weight is 390 g/mol. The lowest BCUT2D eigenvalue weighted by Crippen LogP contribution is -2.20. The van der Waals surface area contributed by atoms with Gasteiger partial charge in [0.2, 0.25) is 0 Å². The lowest BCUT2D eigenvalue weighted by molar-refractivity contribution is 0.475. The molecule has 4 rings (SSSR count). The first-order chi connectivity index (χ1) is 14.2. The Morgan fingerprint density at radius 3 is 2.86 bits per heavy atom. The Kier molecular flexibility index (Phi) is 5.62. The van der Waals surface area contributed by atoms with E-state index < -0.39 is 0 Å². The zero-order valence-corrected chi connectivity index (χ0v) is 16.6. The van der Waals surface area contributed by atoms with Crippen LogP contribution in [0, 0.1) is 5.53 Å². The predicted molar refractivity (Wildman–Crippen MR) is 117 cm³/mol. The monoisotopic (exact) mass is 389 g/mol. The molecule has 0 amide bonds. The van der Waals surface area contributed by atoms with Crippen molar-refractivity contribution in [1.82, 2.24) is 10.6 Å². The fraction of sp³-hybridized carbons (Fsp3) is 0.304. The van der Waals surface area contributed by atoms with Crippen LogP contribution in [0.3, 0.4) is 0 Å².